The first-order valence-electron chi connectivity index (χ1n) is 5.51. The van der Waals surface area contributed by atoms with Crippen LogP contribution in [0, 0.1) is 0 Å². The fourth-order valence-corrected chi connectivity index (χ4v) is 0.769. The highest BCUT2D eigenvalue weighted by Gasteiger charge is 2.06. The second-order valence-electron chi connectivity index (χ2n) is 3.19. The molecule has 0 heterocycles. The van der Waals surface area contributed by atoms with Crippen molar-refractivity contribution in [3.05, 3.63) is 37.0 Å². The largest absolute Gasteiger partial charge is 0.341 e. The van der Waals surface area contributed by atoms with Gasteiger partial charge in [-0.3, -0.25) is 10.1 Å². The van der Waals surface area contributed by atoms with Gasteiger partial charge in [-0.05, 0) is 5.57 Å². The van der Waals surface area contributed by atoms with Crippen LogP contribution in [0.2, 0.25) is 0 Å². The minimum absolute atomic E-state index is 0. The van der Waals surface area contributed by atoms with Crippen molar-refractivity contribution in [3.8, 4) is 0 Å². The second-order valence-corrected chi connectivity index (χ2v) is 3.19. The number of hydrogen-bond donors (Lipinski definition) is 2. The van der Waals surface area contributed by atoms with Crippen molar-refractivity contribution in [3.63, 3.8) is 0 Å². The highest BCUT2D eigenvalue weighted by atomic mass is 16.2. The maximum absolute atomic E-state index is 11.2. The first kappa shape index (κ1) is 17.6. The molecule has 2 N–H and O–H groups in total. The number of urea groups is 1. The summed E-state index contributed by atoms with van der Waals surface area (Å²) in [5.41, 5.74) is 0.710. The summed E-state index contributed by atoms with van der Waals surface area (Å²) in [7, 11) is 1.44. The lowest BCUT2D eigenvalue weighted by Gasteiger charge is -2.02. The molecule has 3 amide bonds. The van der Waals surface area contributed by atoms with Gasteiger partial charge in [0.25, 0.3) is 0 Å². The van der Waals surface area contributed by atoms with Crippen LogP contribution in [-0.4, -0.2) is 19.0 Å². The maximum atomic E-state index is 11.2. The predicted molar refractivity (Wildman–Crippen MR) is 75.9 cm³/mol. The molecule has 4 nitrogen and oxygen atoms in total. The van der Waals surface area contributed by atoms with E-state index >= 15 is 0 Å². The topological polar surface area (TPSA) is 58.2 Å². The van der Waals surface area contributed by atoms with Crippen LogP contribution in [0.15, 0.2) is 37.0 Å². The zero-order valence-electron chi connectivity index (χ0n) is 10.9. The summed E-state index contributed by atoms with van der Waals surface area (Å²) in [6, 6.07) is -0.517. The van der Waals surface area contributed by atoms with Gasteiger partial charge in [0.15, 0.2) is 0 Å². The summed E-state index contributed by atoms with van der Waals surface area (Å²) >= 11 is 0. The molecule has 0 saturated carbocycles. The molecule has 0 aromatic rings. The first-order valence-corrected chi connectivity index (χ1v) is 5.51. The Morgan fingerprint density at radius 1 is 1.29 bits per heavy atom. The van der Waals surface area contributed by atoms with E-state index in [1.165, 1.54) is 13.5 Å². The fraction of sp³-hybridized carbons (Fsp3) is 0.385. The van der Waals surface area contributed by atoms with E-state index in [-0.39, 0.29) is 15.2 Å². The van der Waals surface area contributed by atoms with Gasteiger partial charge < -0.3 is 5.32 Å². The Kier molecular flexibility index (Phi) is 12.6. The number of carbonyl (C=O) groups is 2. The zero-order chi connectivity index (χ0) is 13.7. The molecule has 0 bridgehead atoms. The lowest BCUT2D eigenvalue weighted by atomic mass is 10.1. The molecule has 0 unspecified atom stereocenters. The SMILES string of the molecule is C=C/C=C(\C=C)CC(=O)NC(=O)NC.CCC.[HH].[HH]. The Labute approximate surface area is 106 Å². The summed E-state index contributed by atoms with van der Waals surface area (Å²) in [6.45, 7) is 11.3. The maximum Gasteiger partial charge on any atom is 0.321 e. The van der Waals surface area contributed by atoms with E-state index in [2.05, 4.69) is 37.6 Å². The molecule has 0 aromatic heterocycles. The molecule has 4 heteroatoms. The molecule has 100 valence electrons. The van der Waals surface area contributed by atoms with E-state index in [0.717, 1.165) is 0 Å². The minimum Gasteiger partial charge on any atom is -0.341 e. The Morgan fingerprint density at radius 2 is 1.82 bits per heavy atom. The van der Waals surface area contributed by atoms with Crippen molar-refractivity contribution < 1.29 is 12.4 Å². The third kappa shape index (κ3) is 12.1. The fourth-order valence-electron chi connectivity index (χ4n) is 0.769. The monoisotopic (exact) mass is 242 g/mol. The van der Waals surface area contributed by atoms with Crippen molar-refractivity contribution in [2.45, 2.75) is 26.7 Å². The third-order valence-corrected chi connectivity index (χ3v) is 1.44. The summed E-state index contributed by atoms with van der Waals surface area (Å²) in [4.78, 5) is 21.9. The Balaban J connectivity index is -0.000000204. The Bertz CT molecular complexity index is 303. The Hall–Kier alpha value is -1.84. The molecule has 0 radical (unpaired) electrons. The number of carbonyl (C=O) groups excluding carboxylic acids is 2. The van der Waals surface area contributed by atoms with E-state index in [4.69, 9.17) is 0 Å². The molecular weight excluding hydrogens is 216 g/mol. The quantitative estimate of drug-likeness (QED) is 0.744. The van der Waals surface area contributed by atoms with E-state index in [0.29, 0.717) is 5.57 Å². The number of rotatable bonds is 4. The molecule has 0 aliphatic heterocycles. The second kappa shape index (κ2) is 12.2. The summed E-state index contributed by atoms with van der Waals surface area (Å²) in [6.07, 6.45) is 6.13. The van der Waals surface area contributed by atoms with Gasteiger partial charge in [-0.1, -0.05) is 51.7 Å². The van der Waals surface area contributed by atoms with Crippen molar-refractivity contribution in [1.29, 1.82) is 0 Å². The van der Waals surface area contributed by atoms with Crippen molar-refractivity contribution >= 4 is 11.9 Å². The molecule has 0 aromatic carbocycles. The molecule has 0 rings (SSSR count). The molecule has 0 fully saturated rings. The number of amides is 3. The van der Waals surface area contributed by atoms with Gasteiger partial charge in [-0.15, -0.1) is 0 Å². The molecule has 0 spiro atoms. The molecule has 0 saturated heterocycles. The normalized spacial score (nSPS) is 9.47. The van der Waals surface area contributed by atoms with Crippen LogP contribution >= 0.6 is 0 Å². The van der Waals surface area contributed by atoms with Crippen LogP contribution in [0.3, 0.4) is 0 Å². The standard InChI is InChI=1S/C10H14N2O2.C3H8.2H2/c1-4-6-8(5-2)7-9(13)12-10(14)11-3;1-3-2;;/h4-6H,1-2,7H2,3H3,(H2,11,12,13,14);3H2,1-2H3;2*1H/b8-6+;;;. The molecular formula is C13H26N2O2. The van der Waals surface area contributed by atoms with Crippen molar-refractivity contribution in [2.75, 3.05) is 7.05 Å². The van der Waals surface area contributed by atoms with E-state index in [9.17, 15) is 9.59 Å². The van der Waals surface area contributed by atoms with Crippen LogP contribution in [0.4, 0.5) is 4.79 Å². The minimum atomic E-state index is -0.517. The van der Waals surface area contributed by atoms with Crippen molar-refractivity contribution in [1.82, 2.24) is 10.6 Å². The van der Waals surface area contributed by atoms with Gasteiger partial charge in [0.05, 0.1) is 6.42 Å². The van der Waals surface area contributed by atoms with Crippen LogP contribution < -0.4 is 10.6 Å². The zero-order valence-corrected chi connectivity index (χ0v) is 10.9. The summed E-state index contributed by atoms with van der Waals surface area (Å²) in [5.74, 6) is -0.377. The van der Waals surface area contributed by atoms with Gasteiger partial charge in [-0.25, -0.2) is 4.79 Å². The number of allylic oxidation sites excluding steroid dienone is 3. The van der Waals surface area contributed by atoms with Crippen LogP contribution in [0.1, 0.15) is 29.5 Å². The molecule has 0 atom stereocenters. The van der Waals surface area contributed by atoms with Gasteiger partial charge >= 0.3 is 6.03 Å². The number of nitrogens with one attached hydrogen (secondary N) is 2. The lowest BCUT2D eigenvalue weighted by Crippen LogP contribution is -2.37. The van der Waals surface area contributed by atoms with Crippen LogP contribution in [-0.2, 0) is 4.79 Å². The number of hydrogen-bond acceptors (Lipinski definition) is 2. The molecule has 17 heavy (non-hydrogen) atoms. The molecule has 0 aliphatic carbocycles. The van der Waals surface area contributed by atoms with Crippen LogP contribution in [0.25, 0.3) is 0 Å². The predicted octanol–water partition coefficient (Wildman–Crippen LogP) is 3.04. The Morgan fingerprint density at radius 3 is 2.18 bits per heavy atom. The van der Waals surface area contributed by atoms with E-state index in [1.54, 1.807) is 18.2 Å². The summed E-state index contributed by atoms with van der Waals surface area (Å²) < 4.78 is 0. The van der Waals surface area contributed by atoms with E-state index in [1.807, 2.05) is 0 Å². The highest BCUT2D eigenvalue weighted by molar-refractivity contribution is 5.95. The lowest BCUT2D eigenvalue weighted by molar-refractivity contribution is -0.119. The van der Waals surface area contributed by atoms with Crippen LogP contribution in [0.5, 0.6) is 0 Å². The van der Waals surface area contributed by atoms with Gasteiger partial charge in [0.1, 0.15) is 0 Å². The van der Waals surface area contributed by atoms with Crippen molar-refractivity contribution in [2.24, 2.45) is 0 Å². The third-order valence-electron chi connectivity index (χ3n) is 1.44. The van der Waals surface area contributed by atoms with Gasteiger partial charge in [0.2, 0.25) is 5.91 Å². The smallest absolute Gasteiger partial charge is 0.321 e. The van der Waals surface area contributed by atoms with E-state index < -0.39 is 6.03 Å². The van der Waals surface area contributed by atoms with Gasteiger partial charge in [0, 0.05) is 9.90 Å². The summed E-state index contributed by atoms with van der Waals surface area (Å²) in [5, 5.41) is 4.42. The highest BCUT2D eigenvalue weighted by Crippen LogP contribution is 2.01. The number of imide groups is 1. The first-order chi connectivity index (χ1) is 8.05. The average Bonchev–Trinajstić information content (AvgIpc) is 2.29. The average molecular weight is 242 g/mol. The molecule has 0 aliphatic rings. The van der Waals surface area contributed by atoms with Gasteiger partial charge in [-0.2, -0.15) is 0 Å².